The van der Waals surface area contributed by atoms with Crippen LogP contribution < -0.4 is 4.74 Å². The van der Waals surface area contributed by atoms with E-state index in [2.05, 4.69) is 4.98 Å². The fraction of sp³-hybridized carbons (Fsp3) is 0.333. The minimum absolute atomic E-state index is 0.0302. The number of nitrogens with zero attached hydrogens (tertiary/aromatic N) is 1. The van der Waals surface area contributed by atoms with Crippen LogP contribution >= 0.6 is 0 Å². The second kappa shape index (κ2) is 3.34. The van der Waals surface area contributed by atoms with Crippen molar-refractivity contribution in [3.8, 4) is 5.88 Å². The van der Waals surface area contributed by atoms with E-state index >= 15 is 0 Å². The molecule has 0 fully saturated rings. The molecule has 1 heterocycles. The van der Waals surface area contributed by atoms with Crippen molar-refractivity contribution in [3.63, 3.8) is 0 Å². The van der Waals surface area contributed by atoms with Crippen molar-refractivity contribution in [2.45, 2.75) is 13.8 Å². The van der Waals surface area contributed by atoms with E-state index in [4.69, 9.17) is 4.74 Å². The third-order valence-electron chi connectivity index (χ3n) is 1.65. The summed E-state index contributed by atoms with van der Waals surface area (Å²) in [5.41, 5.74) is 1.36. The molecule has 0 saturated heterocycles. The van der Waals surface area contributed by atoms with E-state index < -0.39 is 0 Å². The van der Waals surface area contributed by atoms with Gasteiger partial charge in [0.25, 0.3) is 0 Å². The van der Waals surface area contributed by atoms with Crippen LogP contribution in [0.1, 0.15) is 23.0 Å². The Hall–Kier alpha value is -1.38. The van der Waals surface area contributed by atoms with Crippen LogP contribution in [-0.4, -0.2) is 17.9 Å². The number of rotatable bonds is 2. The number of ketones is 1. The van der Waals surface area contributed by atoms with Crippen LogP contribution in [0.15, 0.2) is 12.1 Å². The maximum atomic E-state index is 11.0. The summed E-state index contributed by atoms with van der Waals surface area (Å²) in [5.74, 6) is 0.570. The quantitative estimate of drug-likeness (QED) is 0.625. The number of hydrogen-bond donors (Lipinski definition) is 0. The summed E-state index contributed by atoms with van der Waals surface area (Å²) in [7, 11) is 1.55. The molecule has 0 aliphatic rings. The summed E-state index contributed by atoms with van der Waals surface area (Å²) < 4.78 is 4.91. The van der Waals surface area contributed by atoms with E-state index in [1.54, 1.807) is 26.2 Å². The van der Waals surface area contributed by atoms with Crippen molar-refractivity contribution >= 4 is 5.78 Å². The molecule has 1 rings (SSSR count). The van der Waals surface area contributed by atoms with Crippen molar-refractivity contribution in [1.82, 2.24) is 4.98 Å². The molecule has 0 bridgehead atoms. The van der Waals surface area contributed by atoms with E-state index in [9.17, 15) is 4.79 Å². The minimum Gasteiger partial charge on any atom is -0.481 e. The van der Waals surface area contributed by atoms with Gasteiger partial charge in [0.2, 0.25) is 5.88 Å². The van der Waals surface area contributed by atoms with Gasteiger partial charge in [-0.15, -0.1) is 0 Å². The highest BCUT2D eigenvalue weighted by molar-refractivity contribution is 5.95. The van der Waals surface area contributed by atoms with Crippen molar-refractivity contribution in [2.75, 3.05) is 7.11 Å². The Morgan fingerprint density at radius 1 is 1.50 bits per heavy atom. The lowest BCUT2D eigenvalue weighted by Crippen LogP contribution is -1.99. The number of ether oxygens (including phenoxy) is 1. The average molecular weight is 165 g/mol. The Kier molecular flexibility index (Phi) is 2.43. The Bertz CT molecular complexity index is 307. The number of Topliss-reactive ketones (excluding diaryl/α,β-unsaturated/α-hetero) is 1. The van der Waals surface area contributed by atoms with Crippen LogP contribution in [0, 0.1) is 6.92 Å². The van der Waals surface area contributed by atoms with Gasteiger partial charge >= 0.3 is 0 Å². The molecule has 3 heteroatoms. The third-order valence-corrected chi connectivity index (χ3v) is 1.65. The number of hydrogen-bond acceptors (Lipinski definition) is 3. The molecule has 0 amide bonds. The van der Waals surface area contributed by atoms with Crippen molar-refractivity contribution in [2.24, 2.45) is 0 Å². The molecule has 0 aliphatic heterocycles. The normalized spacial score (nSPS) is 9.58. The summed E-state index contributed by atoms with van der Waals surface area (Å²) in [6.07, 6.45) is 0. The molecule has 12 heavy (non-hydrogen) atoms. The molecule has 0 radical (unpaired) electrons. The van der Waals surface area contributed by atoms with Crippen molar-refractivity contribution in [1.29, 1.82) is 0 Å². The molecule has 64 valence electrons. The first kappa shape index (κ1) is 8.71. The first-order chi connectivity index (χ1) is 5.65. The molecule has 0 N–H and O–H groups in total. The molecule has 3 nitrogen and oxygen atoms in total. The van der Waals surface area contributed by atoms with E-state index in [1.165, 1.54) is 6.92 Å². The monoisotopic (exact) mass is 165 g/mol. The van der Waals surface area contributed by atoms with Crippen LogP contribution in [0.3, 0.4) is 0 Å². The fourth-order valence-electron chi connectivity index (χ4n) is 1.02. The number of methoxy groups -OCH3 is 1. The molecule has 0 aromatic carbocycles. The lowest BCUT2D eigenvalue weighted by molar-refractivity contribution is 0.101. The molecule has 0 spiro atoms. The summed E-state index contributed by atoms with van der Waals surface area (Å²) in [6.45, 7) is 3.32. The second-order valence-corrected chi connectivity index (χ2v) is 2.54. The topological polar surface area (TPSA) is 39.2 Å². The van der Waals surface area contributed by atoms with E-state index in [1.807, 2.05) is 0 Å². The van der Waals surface area contributed by atoms with E-state index in [0.29, 0.717) is 17.1 Å². The van der Waals surface area contributed by atoms with E-state index in [-0.39, 0.29) is 5.78 Å². The lowest BCUT2D eigenvalue weighted by atomic mass is 10.1. The van der Waals surface area contributed by atoms with E-state index in [0.717, 1.165) is 0 Å². The number of aryl methyl sites for hydroxylation is 1. The van der Waals surface area contributed by atoms with Gasteiger partial charge in [-0.25, -0.2) is 4.98 Å². The molecular weight excluding hydrogens is 154 g/mol. The first-order valence-corrected chi connectivity index (χ1v) is 3.67. The molecule has 0 atom stereocenters. The van der Waals surface area contributed by atoms with Gasteiger partial charge in [-0.2, -0.15) is 0 Å². The Morgan fingerprint density at radius 2 is 2.17 bits per heavy atom. The molecule has 0 aliphatic carbocycles. The highest BCUT2D eigenvalue weighted by atomic mass is 16.5. The smallest absolute Gasteiger partial charge is 0.213 e. The minimum atomic E-state index is 0.0302. The standard InChI is InChI=1S/C9H11NO2/c1-6-8(7(2)11)4-5-9(10-6)12-3/h4-5H,1-3H3. The zero-order chi connectivity index (χ0) is 9.14. The van der Waals surface area contributed by atoms with Gasteiger partial charge in [-0.1, -0.05) is 0 Å². The number of carbonyl (C=O) groups excluding carboxylic acids is 1. The maximum Gasteiger partial charge on any atom is 0.213 e. The number of aromatic nitrogens is 1. The van der Waals surface area contributed by atoms with Gasteiger partial charge in [0, 0.05) is 11.6 Å². The Balaban J connectivity index is 3.12. The SMILES string of the molecule is COc1ccc(C(C)=O)c(C)n1. The van der Waals surface area contributed by atoms with Crippen LogP contribution in [0.4, 0.5) is 0 Å². The van der Waals surface area contributed by atoms with Crippen LogP contribution in [-0.2, 0) is 0 Å². The summed E-state index contributed by atoms with van der Waals surface area (Å²) >= 11 is 0. The lowest BCUT2D eigenvalue weighted by Gasteiger charge is -2.02. The summed E-state index contributed by atoms with van der Waals surface area (Å²) in [5, 5.41) is 0. The van der Waals surface area contributed by atoms with Gasteiger partial charge in [-0.3, -0.25) is 4.79 Å². The average Bonchev–Trinajstić information content (AvgIpc) is 2.03. The Labute approximate surface area is 71.4 Å². The number of carbonyl (C=O) groups is 1. The van der Waals surface area contributed by atoms with Gasteiger partial charge in [0.1, 0.15) is 0 Å². The van der Waals surface area contributed by atoms with Gasteiger partial charge in [0.15, 0.2) is 5.78 Å². The summed E-state index contributed by atoms with van der Waals surface area (Å²) in [6, 6.07) is 3.41. The zero-order valence-electron chi connectivity index (χ0n) is 7.42. The summed E-state index contributed by atoms with van der Waals surface area (Å²) in [4.78, 5) is 15.1. The predicted octanol–water partition coefficient (Wildman–Crippen LogP) is 1.60. The second-order valence-electron chi connectivity index (χ2n) is 2.54. The highest BCUT2D eigenvalue weighted by Gasteiger charge is 2.05. The van der Waals surface area contributed by atoms with Gasteiger partial charge in [0.05, 0.1) is 12.8 Å². The largest absolute Gasteiger partial charge is 0.481 e. The van der Waals surface area contributed by atoms with Crippen molar-refractivity contribution in [3.05, 3.63) is 23.4 Å². The Morgan fingerprint density at radius 3 is 2.58 bits per heavy atom. The maximum absolute atomic E-state index is 11.0. The molecular formula is C9H11NO2. The third kappa shape index (κ3) is 1.61. The zero-order valence-corrected chi connectivity index (χ0v) is 7.42. The highest BCUT2D eigenvalue weighted by Crippen LogP contribution is 2.11. The number of pyridine rings is 1. The van der Waals surface area contributed by atoms with Crippen LogP contribution in [0.2, 0.25) is 0 Å². The van der Waals surface area contributed by atoms with Crippen molar-refractivity contribution < 1.29 is 9.53 Å². The molecule has 0 unspecified atom stereocenters. The predicted molar refractivity (Wildman–Crippen MR) is 45.5 cm³/mol. The fourth-order valence-corrected chi connectivity index (χ4v) is 1.02. The molecule has 1 aromatic rings. The molecule has 1 aromatic heterocycles. The molecule has 0 saturated carbocycles. The van der Waals surface area contributed by atoms with Gasteiger partial charge < -0.3 is 4.74 Å². The van der Waals surface area contributed by atoms with Gasteiger partial charge in [-0.05, 0) is 19.9 Å². The van der Waals surface area contributed by atoms with Crippen LogP contribution in [0.5, 0.6) is 5.88 Å². The van der Waals surface area contributed by atoms with Crippen LogP contribution in [0.25, 0.3) is 0 Å². The first-order valence-electron chi connectivity index (χ1n) is 3.67.